The summed E-state index contributed by atoms with van der Waals surface area (Å²) in [6.45, 7) is 0. The number of para-hydroxylation sites is 1. The highest BCUT2D eigenvalue weighted by Gasteiger charge is 2.19. The molecule has 0 saturated carbocycles. The number of aryl methyl sites for hydroxylation is 1. The van der Waals surface area contributed by atoms with Crippen LogP contribution in [-0.2, 0) is 15.9 Å². The molecule has 0 spiro atoms. The van der Waals surface area contributed by atoms with E-state index in [0.29, 0.717) is 0 Å². The van der Waals surface area contributed by atoms with Gasteiger partial charge in [-0.25, -0.2) is 0 Å². The summed E-state index contributed by atoms with van der Waals surface area (Å²) in [5.74, 6) is 0.874. The lowest BCUT2D eigenvalue weighted by Gasteiger charge is -2.15. The highest BCUT2D eigenvalue weighted by molar-refractivity contribution is 7.80. The van der Waals surface area contributed by atoms with Crippen molar-refractivity contribution in [2.45, 2.75) is 19.1 Å². The van der Waals surface area contributed by atoms with Crippen molar-refractivity contribution in [1.82, 2.24) is 4.98 Å². The van der Waals surface area contributed by atoms with Crippen LogP contribution in [0.15, 0.2) is 24.3 Å². The fourth-order valence-corrected chi connectivity index (χ4v) is 2.43. The number of fused-ring (bicyclic) bond motifs is 1. The molecule has 1 N–H and O–H groups in total. The number of benzene rings is 1. The molecule has 0 aliphatic carbocycles. The van der Waals surface area contributed by atoms with Crippen LogP contribution in [0.5, 0.6) is 0 Å². The monoisotopic (exact) mass is 265 g/mol. The van der Waals surface area contributed by atoms with Crippen molar-refractivity contribution in [1.29, 1.82) is 0 Å². The minimum atomic E-state index is -0.323. The summed E-state index contributed by atoms with van der Waals surface area (Å²) in [5, 5.41) is 1.17. The number of methoxy groups -OCH3 is 2. The third-order valence-corrected chi connectivity index (χ3v) is 3.39. The van der Waals surface area contributed by atoms with Gasteiger partial charge in [0, 0.05) is 36.4 Å². The van der Waals surface area contributed by atoms with Crippen LogP contribution in [0.1, 0.15) is 24.0 Å². The normalized spacial score (nSPS) is 11.6. The zero-order valence-corrected chi connectivity index (χ0v) is 11.7. The summed E-state index contributed by atoms with van der Waals surface area (Å²) < 4.78 is 10.8. The Kier molecular flexibility index (Phi) is 4.69. The highest BCUT2D eigenvalue weighted by atomic mass is 32.1. The Morgan fingerprint density at radius 2 is 1.94 bits per heavy atom. The molecular weight excluding hydrogens is 246 g/mol. The van der Waals surface area contributed by atoms with E-state index in [9.17, 15) is 0 Å². The van der Waals surface area contributed by atoms with Crippen LogP contribution < -0.4 is 0 Å². The van der Waals surface area contributed by atoms with E-state index in [4.69, 9.17) is 9.47 Å². The lowest BCUT2D eigenvalue weighted by Crippen LogP contribution is -2.06. The van der Waals surface area contributed by atoms with E-state index in [2.05, 4.69) is 29.7 Å². The van der Waals surface area contributed by atoms with Crippen molar-refractivity contribution in [3.63, 3.8) is 0 Å². The molecule has 0 aliphatic rings. The van der Waals surface area contributed by atoms with Crippen LogP contribution in [-0.4, -0.2) is 25.0 Å². The Hall–Kier alpha value is -0.970. The maximum Gasteiger partial charge on any atom is 0.185 e. The number of H-pyrrole nitrogens is 1. The second-order valence-electron chi connectivity index (χ2n) is 4.19. The van der Waals surface area contributed by atoms with Crippen LogP contribution in [0.25, 0.3) is 10.9 Å². The van der Waals surface area contributed by atoms with Gasteiger partial charge in [-0.05, 0) is 24.7 Å². The quantitative estimate of drug-likeness (QED) is 0.620. The molecule has 1 aromatic heterocycles. The maximum absolute atomic E-state index is 5.41. The predicted octanol–water partition coefficient (Wildman–Crippen LogP) is 3.32. The molecule has 4 heteroatoms. The van der Waals surface area contributed by atoms with Gasteiger partial charge in [0.05, 0.1) is 0 Å². The van der Waals surface area contributed by atoms with Crippen LogP contribution >= 0.6 is 12.6 Å². The molecule has 0 radical (unpaired) electrons. The number of thiol groups is 1. The molecule has 2 rings (SSSR count). The Balaban J connectivity index is 2.49. The smallest absolute Gasteiger partial charge is 0.185 e. The predicted molar refractivity (Wildman–Crippen MR) is 77.2 cm³/mol. The van der Waals surface area contributed by atoms with Gasteiger partial charge in [-0.2, -0.15) is 12.6 Å². The number of aromatic nitrogens is 1. The van der Waals surface area contributed by atoms with Crippen molar-refractivity contribution in [3.05, 3.63) is 35.5 Å². The SMILES string of the molecule is COC(OC)c1c(CCCS)[nH]c2ccccc12. The van der Waals surface area contributed by atoms with E-state index in [1.165, 1.54) is 11.1 Å². The van der Waals surface area contributed by atoms with E-state index >= 15 is 0 Å². The molecule has 0 unspecified atom stereocenters. The highest BCUT2D eigenvalue weighted by Crippen LogP contribution is 2.31. The molecule has 0 saturated heterocycles. The molecule has 1 aromatic carbocycles. The molecular formula is C14H19NO2S. The van der Waals surface area contributed by atoms with Gasteiger partial charge in [0.2, 0.25) is 0 Å². The Morgan fingerprint density at radius 3 is 2.61 bits per heavy atom. The average molecular weight is 265 g/mol. The lowest BCUT2D eigenvalue weighted by atomic mass is 10.1. The first-order chi connectivity index (χ1) is 8.81. The van der Waals surface area contributed by atoms with Gasteiger partial charge in [-0.1, -0.05) is 18.2 Å². The molecule has 0 fully saturated rings. The minimum Gasteiger partial charge on any atom is -0.358 e. The molecule has 98 valence electrons. The van der Waals surface area contributed by atoms with Crippen molar-refractivity contribution < 1.29 is 9.47 Å². The first-order valence-corrected chi connectivity index (χ1v) is 6.71. The van der Waals surface area contributed by atoms with E-state index < -0.39 is 0 Å². The second kappa shape index (κ2) is 6.27. The molecule has 3 nitrogen and oxygen atoms in total. The zero-order chi connectivity index (χ0) is 13.0. The van der Waals surface area contributed by atoms with Crippen LogP contribution in [0.2, 0.25) is 0 Å². The van der Waals surface area contributed by atoms with Crippen molar-refractivity contribution in [2.24, 2.45) is 0 Å². The lowest BCUT2D eigenvalue weighted by molar-refractivity contribution is -0.105. The topological polar surface area (TPSA) is 34.2 Å². The molecule has 1 heterocycles. The van der Waals surface area contributed by atoms with Gasteiger partial charge >= 0.3 is 0 Å². The summed E-state index contributed by atoms with van der Waals surface area (Å²) in [5.41, 5.74) is 3.41. The van der Waals surface area contributed by atoms with Crippen LogP contribution in [0, 0.1) is 0 Å². The van der Waals surface area contributed by atoms with Gasteiger partial charge in [0.15, 0.2) is 6.29 Å². The second-order valence-corrected chi connectivity index (χ2v) is 4.64. The molecule has 0 bridgehead atoms. The van der Waals surface area contributed by atoms with Crippen molar-refractivity contribution in [3.8, 4) is 0 Å². The zero-order valence-electron chi connectivity index (χ0n) is 10.8. The average Bonchev–Trinajstić information content (AvgIpc) is 2.77. The third kappa shape index (κ3) is 2.55. The molecule has 18 heavy (non-hydrogen) atoms. The van der Waals surface area contributed by atoms with E-state index in [-0.39, 0.29) is 6.29 Å². The van der Waals surface area contributed by atoms with Crippen LogP contribution in [0.3, 0.4) is 0 Å². The van der Waals surface area contributed by atoms with Gasteiger partial charge in [-0.15, -0.1) is 0 Å². The molecule has 0 atom stereocenters. The fourth-order valence-electron chi connectivity index (χ4n) is 2.27. The first-order valence-electron chi connectivity index (χ1n) is 6.07. The first kappa shape index (κ1) is 13.5. The number of rotatable bonds is 6. The maximum atomic E-state index is 5.41. The van der Waals surface area contributed by atoms with E-state index in [1.807, 2.05) is 12.1 Å². The van der Waals surface area contributed by atoms with Crippen molar-refractivity contribution in [2.75, 3.05) is 20.0 Å². The van der Waals surface area contributed by atoms with Gasteiger partial charge in [0.25, 0.3) is 0 Å². The Labute approximate surface area is 113 Å². The van der Waals surface area contributed by atoms with E-state index in [0.717, 1.165) is 29.7 Å². The minimum absolute atomic E-state index is 0.323. The van der Waals surface area contributed by atoms with E-state index in [1.54, 1.807) is 14.2 Å². The number of ether oxygens (including phenoxy) is 2. The number of aromatic amines is 1. The summed E-state index contributed by atoms with van der Waals surface area (Å²) in [4.78, 5) is 3.45. The Bertz CT molecular complexity index is 505. The number of nitrogens with one attached hydrogen (secondary N) is 1. The number of hydrogen-bond donors (Lipinski definition) is 2. The molecule has 2 aromatic rings. The fraction of sp³-hybridized carbons (Fsp3) is 0.429. The van der Waals surface area contributed by atoms with Crippen molar-refractivity contribution >= 4 is 23.5 Å². The van der Waals surface area contributed by atoms with Gasteiger partial charge in [-0.3, -0.25) is 0 Å². The summed E-state index contributed by atoms with van der Waals surface area (Å²) in [7, 11) is 3.33. The summed E-state index contributed by atoms with van der Waals surface area (Å²) in [6.07, 6.45) is 1.66. The summed E-state index contributed by atoms with van der Waals surface area (Å²) in [6, 6.07) is 8.23. The largest absolute Gasteiger partial charge is 0.358 e. The standard InChI is InChI=1S/C14H19NO2S/c1-16-14(17-2)13-10-6-3-4-7-11(10)15-12(13)8-5-9-18/h3-4,6-7,14-15,18H,5,8-9H2,1-2H3. The molecule has 0 amide bonds. The van der Waals surface area contributed by atoms with Gasteiger partial charge in [0.1, 0.15) is 0 Å². The summed E-state index contributed by atoms with van der Waals surface area (Å²) >= 11 is 4.27. The third-order valence-electron chi connectivity index (χ3n) is 3.08. The number of hydrogen-bond acceptors (Lipinski definition) is 3. The Morgan fingerprint density at radius 1 is 1.22 bits per heavy atom. The van der Waals surface area contributed by atoms with Crippen LogP contribution in [0.4, 0.5) is 0 Å². The van der Waals surface area contributed by atoms with Gasteiger partial charge < -0.3 is 14.5 Å². The molecule has 0 aliphatic heterocycles.